The molecule has 0 saturated heterocycles. The van der Waals surface area contributed by atoms with Gasteiger partial charge in [-0.25, -0.2) is 4.98 Å². The summed E-state index contributed by atoms with van der Waals surface area (Å²) >= 11 is 3.49. The highest BCUT2D eigenvalue weighted by Crippen LogP contribution is 2.30. The van der Waals surface area contributed by atoms with Crippen molar-refractivity contribution in [2.45, 2.75) is 13.8 Å². The number of anilines is 1. The molecule has 0 unspecified atom stereocenters. The van der Waals surface area contributed by atoms with Gasteiger partial charge in [-0.3, -0.25) is 4.79 Å². The topological polar surface area (TPSA) is 64.4 Å². The van der Waals surface area contributed by atoms with Gasteiger partial charge in [0.05, 0.1) is 4.47 Å². The standard InChI is InChI=1S/C23H19BrN2O3/c1-14-10-15(2)22(18(24)11-14)28-13-21(27)25-17-7-5-6-16(12-17)23-26-19-8-3-4-9-20(19)29-23/h3-12H,13H2,1-2H3,(H,25,27). The number of para-hydroxylation sites is 2. The van der Waals surface area contributed by atoms with Gasteiger partial charge in [-0.2, -0.15) is 0 Å². The maximum atomic E-state index is 12.4. The Kier molecular flexibility index (Phi) is 5.36. The number of rotatable bonds is 5. The molecule has 29 heavy (non-hydrogen) atoms. The number of aryl methyl sites for hydroxylation is 2. The first-order valence-electron chi connectivity index (χ1n) is 9.15. The Balaban J connectivity index is 1.46. The van der Waals surface area contributed by atoms with Gasteiger partial charge in [0.15, 0.2) is 12.2 Å². The number of fused-ring (bicyclic) bond motifs is 1. The summed E-state index contributed by atoms with van der Waals surface area (Å²) in [4.78, 5) is 16.9. The van der Waals surface area contributed by atoms with E-state index in [1.165, 1.54) is 0 Å². The maximum Gasteiger partial charge on any atom is 0.262 e. The highest BCUT2D eigenvalue weighted by molar-refractivity contribution is 9.10. The Morgan fingerprint density at radius 1 is 1.10 bits per heavy atom. The smallest absolute Gasteiger partial charge is 0.262 e. The van der Waals surface area contributed by atoms with E-state index in [0.717, 1.165) is 32.3 Å². The number of benzene rings is 3. The molecule has 0 aliphatic carbocycles. The molecule has 0 spiro atoms. The average molecular weight is 451 g/mol. The molecule has 0 bridgehead atoms. The van der Waals surface area contributed by atoms with Crippen LogP contribution in [0, 0.1) is 13.8 Å². The monoisotopic (exact) mass is 450 g/mol. The fraction of sp³-hybridized carbons (Fsp3) is 0.130. The minimum absolute atomic E-state index is 0.0877. The van der Waals surface area contributed by atoms with Crippen LogP contribution in [0.4, 0.5) is 5.69 Å². The Morgan fingerprint density at radius 2 is 1.93 bits per heavy atom. The molecule has 0 aliphatic heterocycles. The fourth-order valence-electron chi connectivity index (χ4n) is 3.15. The highest BCUT2D eigenvalue weighted by Gasteiger charge is 2.12. The minimum Gasteiger partial charge on any atom is -0.482 e. The van der Waals surface area contributed by atoms with Gasteiger partial charge in [-0.1, -0.05) is 24.3 Å². The molecule has 1 aromatic heterocycles. The second-order valence-corrected chi connectivity index (χ2v) is 7.65. The molecule has 6 heteroatoms. The number of oxazole rings is 1. The summed E-state index contributed by atoms with van der Waals surface area (Å²) in [5, 5.41) is 2.86. The van der Waals surface area contributed by atoms with E-state index in [2.05, 4.69) is 26.2 Å². The Bertz CT molecular complexity index is 1140. The molecule has 4 rings (SSSR count). The summed E-state index contributed by atoms with van der Waals surface area (Å²) in [6.07, 6.45) is 0. The molecule has 1 amide bonds. The summed E-state index contributed by atoms with van der Waals surface area (Å²) in [7, 11) is 0. The fourth-order valence-corrected chi connectivity index (χ4v) is 3.93. The first kappa shape index (κ1) is 19.2. The predicted molar refractivity (Wildman–Crippen MR) is 117 cm³/mol. The Hall–Kier alpha value is -3.12. The number of hydrogen-bond acceptors (Lipinski definition) is 4. The molecule has 3 aromatic carbocycles. The van der Waals surface area contributed by atoms with E-state index in [1.54, 1.807) is 0 Å². The van der Waals surface area contributed by atoms with Crippen LogP contribution in [-0.4, -0.2) is 17.5 Å². The molecule has 0 saturated carbocycles. The lowest BCUT2D eigenvalue weighted by atomic mass is 10.1. The van der Waals surface area contributed by atoms with Crippen molar-refractivity contribution >= 4 is 38.6 Å². The first-order valence-corrected chi connectivity index (χ1v) is 9.94. The van der Waals surface area contributed by atoms with Gasteiger partial charge < -0.3 is 14.5 Å². The van der Waals surface area contributed by atoms with Gasteiger partial charge in [-0.15, -0.1) is 0 Å². The molecule has 146 valence electrons. The van der Waals surface area contributed by atoms with E-state index in [1.807, 2.05) is 74.5 Å². The highest BCUT2D eigenvalue weighted by atomic mass is 79.9. The number of hydrogen-bond donors (Lipinski definition) is 1. The molecule has 4 aromatic rings. The predicted octanol–water partition coefficient (Wildman–Crippen LogP) is 5.89. The van der Waals surface area contributed by atoms with Gasteiger partial charge in [0.2, 0.25) is 5.89 Å². The lowest BCUT2D eigenvalue weighted by Crippen LogP contribution is -2.20. The third-order valence-electron chi connectivity index (χ3n) is 4.41. The lowest BCUT2D eigenvalue weighted by Gasteiger charge is -2.12. The van der Waals surface area contributed by atoms with Crippen molar-refractivity contribution in [2.24, 2.45) is 0 Å². The van der Waals surface area contributed by atoms with E-state index in [9.17, 15) is 4.79 Å². The summed E-state index contributed by atoms with van der Waals surface area (Å²) in [5.41, 5.74) is 5.06. The Labute approximate surface area is 176 Å². The number of carbonyl (C=O) groups excluding carboxylic acids is 1. The molecule has 0 fully saturated rings. The molecule has 1 N–H and O–H groups in total. The van der Waals surface area contributed by atoms with Gasteiger partial charge in [-0.05, 0) is 77.3 Å². The summed E-state index contributed by atoms with van der Waals surface area (Å²) in [6, 6.07) is 19.0. The third kappa shape index (κ3) is 4.32. The van der Waals surface area contributed by atoms with E-state index < -0.39 is 0 Å². The maximum absolute atomic E-state index is 12.4. The number of carbonyl (C=O) groups is 1. The summed E-state index contributed by atoms with van der Waals surface area (Å²) < 4.78 is 12.4. The molecule has 0 atom stereocenters. The zero-order valence-electron chi connectivity index (χ0n) is 16.0. The summed E-state index contributed by atoms with van der Waals surface area (Å²) in [5.74, 6) is 0.940. The quantitative estimate of drug-likeness (QED) is 0.411. The molecule has 5 nitrogen and oxygen atoms in total. The number of aromatic nitrogens is 1. The number of halogens is 1. The van der Waals surface area contributed by atoms with Crippen molar-refractivity contribution in [1.82, 2.24) is 4.98 Å². The van der Waals surface area contributed by atoms with Crippen LogP contribution in [0.5, 0.6) is 5.75 Å². The van der Waals surface area contributed by atoms with Crippen LogP contribution in [0.15, 0.2) is 69.6 Å². The summed E-state index contributed by atoms with van der Waals surface area (Å²) in [6.45, 7) is 3.88. The van der Waals surface area contributed by atoms with Gasteiger partial charge in [0, 0.05) is 11.3 Å². The van der Waals surface area contributed by atoms with Crippen LogP contribution in [0.2, 0.25) is 0 Å². The van der Waals surface area contributed by atoms with Crippen molar-refractivity contribution < 1.29 is 13.9 Å². The number of nitrogens with zero attached hydrogens (tertiary/aromatic N) is 1. The molecule has 0 radical (unpaired) electrons. The molecular formula is C23H19BrN2O3. The first-order chi connectivity index (χ1) is 14.0. The second kappa shape index (κ2) is 8.09. The number of nitrogens with one attached hydrogen (secondary N) is 1. The van der Waals surface area contributed by atoms with Crippen LogP contribution in [0.1, 0.15) is 11.1 Å². The van der Waals surface area contributed by atoms with Crippen molar-refractivity contribution in [1.29, 1.82) is 0 Å². The number of amides is 1. The van der Waals surface area contributed by atoms with E-state index in [0.29, 0.717) is 17.3 Å². The molecular weight excluding hydrogens is 432 g/mol. The largest absolute Gasteiger partial charge is 0.482 e. The third-order valence-corrected chi connectivity index (χ3v) is 5.00. The average Bonchev–Trinajstić information content (AvgIpc) is 3.11. The van der Waals surface area contributed by atoms with Crippen LogP contribution < -0.4 is 10.1 Å². The minimum atomic E-state index is -0.244. The van der Waals surface area contributed by atoms with Crippen LogP contribution in [0.25, 0.3) is 22.6 Å². The van der Waals surface area contributed by atoms with Crippen LogP contribution >= 0.6 is 15.9 Å². The lowest BCUT2D eigenvalue weighted by molar-refractivity contribution is -0.118. The van der Waals surface area contributed by atoms with Crippen LogP contribution in [0.3, 0.4) is 0 Å². The zero-order chi connectivity index (χ0) is 20.4. The normalized spacial score (nSPS) is 10.9. The molecule has 0 aliphatic rings. The number of ether oxygens (including phenoxy) is 1. The molecule has 1 heterocycles. The van der Waals surface area contributed by atoms with Crippen molar-refractivity contribution in [3.05, 3.63) is 76.3 Å². The van der Waals surface area contributed by atoms with Crippen molar-refractivity contribution in [3.63, 3.8) is 0 Å². The SMILES string of the molecule is Cc1cc(C)c(OCC(=O)Nc2cccc(-c3nc4ccccc4o3)c2)c(Br)c1. The Morgan fingerprint density at radius 3 is 2.72 bits per heavy atom. The van der Waals surface area contributed by atoms with E-state index in [4.69, 9.17) is 9.15 Å². The van der Waals surface area contributed by atoms with E-state index in [-0.39, 0.29) is 12.5 Å². The zero-order valence-corrected chi connectivity index (χ0v) is 17.6. The van der Waals surface area contributed by atoms with Gasteiger partial charge in [0.25, 0.3) is 5.91 Å². The second-order valence-electron chi connectivity index (χ2n) is 6.80. The van der Waals surface area contributed by atoms with Gasteiger partial charge in [0.1, 0.15) is 11.3 Å². The van der Waals surface area contributed by atoms with Crippen molar-refractivity contribution in [3.8, 4) is 17.2 Å². The van der Waals surface area contributed by atoms with Gasteiger partial charge >= 0.3 is 0 Å². The van der Waals surface area contributed by atoms with Crippen LogP contribution in [-0.2, 0) is 4.79 Å². The van der Waals surface area contributed by atoms with E-state index >= 15 is 0 Å². The van der Waals surface area contributed by atoms with Crippen molar-refractivity contribution in [2.75, 3.05) is 11.9 Å².